The number of rotatable bonds is 1. The third kappa shape index (κ3) is 3.30. The largest absolute Gasteiger partial charge is 0.337 e. The molecule has 6 fully saturated rings. The summed E-state index contributed by atoms with van der Waals surface area (Å²) < 4.78 is 2.87. The second kappa shape index (κ2) is 9.11. The van der Waals surface area contributed by atoms with E-state index >= 15 is 0 Å². The highest BCUT2D eigenvalue weighted by molar-refractivity contribution is 6.17. The van der Waals surface area contributed by atoms with Crippen LogP contribution in [0.3, 0.4) is 0 Å². The van der Waals surface area contributed by atoms with Crippen LogP contribution in [0.1, 0.15) is 89.5 Å². The summed E-state index contributed by atoms with van der Waals surface area (Å²) in [6, 6.07) is 23.9. The molecule has 1 nitrogen and oxygen atoms in total. The van der Waals surface area contributed by atoms with Crippen molar-refractivity contribution >= 4 is 32.6 Å². The van der Waals surface area contributed by atoms with Crippen molar-refractivity contribution in [1.29, 1.82) is 0 Å². The molecule has 6 aliphatic rings. The Morgan fingerprint density at radius 2 is 1.02 bits per heavy atom. The van der Waals surface area contributed by atoms with Gasteiger partial charge in [0.05, 0.1) is 5.52 Å². The van der Waals surface area contributed by atoms with Crippen molar-refractivity contribution in [3.63, 3.8) is 0 Å². The van der Waals surface area contributed by atoms with Crippen LogP contribution in [0.5, 0.6) is 0 Å². The van der Waals surface area contributed by atoms with Crippen LogP contribution < -0.4 is 0 Å². The predicted molar refractivity (Wildman–Crippen MR) is 171 cm³/mol. The molecular weight excluding hydrogens is 494 g/mol. The number of fused-ring (bicyclic) bond motifs is 11. The number of para-hydroxylation sites is 1. The van der Waals surface area contributed by atoms with Gasteiger partial charge in [0.1, 0.15) is 0 Å². The Hall–Kier alpha value is -2.28. The van der Waals surface area contributed by atoms with Gasteiger partial charge in [0.25, 0.3) is 0 Å². The Morgan fingerprint density at radius 1 is 0.439 bits per heavy atom. The van der Waals surface area contributed by atoms with Gasteiger partial charge < -0.3 is 4.57 Å². The first-order chi connectivity index (χ1) is 20.4. The molecule has 0 aliphatic heterocycles. The van der Waals surface area contributed by atoms with Crippen molar-refractivity contribution in [2.24, 2.45) is 59.2 Å². The number of hydrogen-bond acceptors (Lipinski definition) is 0. The summed E-state index contributed by atoms with van der Waals surface area (Å²) in [5.41, 5.74) is 3.00. The van der Waals surface area contributed by atoms with Gasteiger partial charge in [0.15, 0.2) is 0 Å². The van der Waals surface area contributed by atoms with Crippen molar-refractivity contribution in [2.75, 3.05) is 0 Å². The van der Waals surface area contributed by atoms with E-state index in [0.717, 1.165) is 59.2 Å². The number of hydrogen-bond donors (Lipinski definition) is 0. The first-order valence-electron chi connectivity index (χ1n) is 17.8. The van der Waals surface area contributed by atoms with Gasteiger partial charge in [-0.15, -0.1) is 0 Å². The van der Waals surface area contributed by atoms with Crippen molar-refractivity contribution in [3.05, 3.63) is 60.7 Å². The van der Waals surface area contributed by atoms with Gasteiger partial charge in [-0.1, -0.05) is 80.3 Å². The molecule has 0 amide bonds. The molecule has 0 N–H and O–H groups in total. The molecule has 0 radical (unpaired) electrons. The summed E-state index contributed by atoms with van der Waals surface area (Å²) in [7, 11) is 0. The number of benzene rings is 3. The smallest absolute Gasteiger partial charge is 0.0573 e. The summed E-state index contributed by atoms with van der Waals surface area (Å²) >= 11 is 0. The van der Waals surface area contributed by atoms with Crippen LogP contribution in [0.15, 0.2) is 60.7 Å². The lowest BCUT2D eigenvalue weighted by Crippen LogP contribution is -2.61. The molecule has 6 aliphatic carbocycles. The van der Waals surface area contributed by atoms with Crippen molar-refractivity contribution in [2.45, 2.75) is 89.5 Å². The van der Waals surface area contributed by atoms with Crippen LogP contribution in [0.25, 0.3) is 32.6 Å². The number of nitrogens with zero attached hydrogens (tertiary/aromatic N) is 1. The molecule has 4 aromatic rings. The highest BCUT2D eigenvalue weighted by Gasteiger charge is 2.62. The van der Waals surface area contributed by atoms with Gasteiger partial charge in [-0.2, -0.15) is 0 Å². The summed E-state index contributed by atoms with van der Waals surface area (Å²) in [4.78, 5) is 0. The van der Waals surface area contributed by atoms with E-state index in [-0.39, 0.29) is 0 Å². The van der Waals surface area contributed by atoms with Gasteiger partial charge in [0, 0.05) is 27.7 Å². The maximum Gasteiger partial charge on any atom is 0.0573 e. The van der Waals surface area contributed by atoms with E-state index in [1.165, 1.54) is 71.1 Å². The minimum atomic E-state index is 0.645. The summed E-state index contributed by atoms with van der Waals surface area (Å²) in [6.45, 7) is 0. The molecule has 0 spiro atoms. The molecule has 1 aromatic heterocycles. The minimum Gasteiger partial charge on any atom is -0.337 e. The van der Waals surface area contributed by atoms with Crippen LogP contribution in [0.2, 0.25) is 0 Å². The molecule has 6 saturated carbocycles. The Bertz CT molecular complexity index is 1630. The molecule has 0 bridgehead atoms. The molecule has 11 unspecified atom stereocenters. The van der Waals surface area contributed by atoms with Crippen molar-refractivity contribution in [1.82, 2.24) is 4.57 Å². The van der Waals surface area contributed by atoms with Crippen LogP contribution >= 0.6 is 0 Å². The lowest BCUT2D eigenvalue weighted by atomic mass is 9.38. The van der Waals surface area contributed by atoms with Crippen LogP contribution in [-0.2, 0) is 0 Å². The predicted octanol–water partition coefficient (Wildman–Crippen LogP) is 10.8. The van der Waals surface area contributed by atoms with E-state index in [2.05, 4.69) is 65.2 Å². The summed E-state index contributed by atoms with van der Waals surface area (Å²) in [6.07, 6.45) is 19.9. The SMILES string of the molecule is c1ccc2c(c1)ccc1c3ccccc3n(C3CCC4C(C3)C3CCCC5C6CCCCC6C6CCCC4C6C53)c21. The molecular formula is C40H47N. The molecule has 212 valence electrons. The molecule has 10 rings (SSSR count). The lowest BCUT2D eigenvalue weighted by Gasteiger charge is -2.67. The second-order valence-corrected chi connectivity index (χ2v) is 15.6. The minimum absolute atomic E-state index is 0.645. The molecule has 3 aromatic carbocycles. The van der Waals surface area contributed by atoms with Gasteiger partial charge in [0.2, 0.25) is 0 Å². The molecule has 1 heteroatoms. The quantitative estimate of drug-likeness (QED) is 0.226. The van der Waals surface area contributed by atoms with Crippen LogP contribution in [0.4, 0.5) is 0 Å². The summed E-state index contributed by atoms with van der Waals surface area (Å²) in [5, 5.41) is 5.78. The third-order valence-electron chi connectivity index (χ3n) is 14.5. The van der Waals surface area contributed by atoms with Gasteiger partial charge in [-0.05, 0) is 128 Å². The summed E-state index contributed by atoms with van der Waals surface area (Å²) in [5.74, 6) is 10.6. The molecule has 41 heavy (non-hydrogen) atoms. The van der Waals surface area contributed by atoms with Crippen LogP contribution in [0, 0.1) is 59.2 Å². The fourth-order valence-electron chi connectivity index (χ4n) is 13.6. The number of aromatic nitrogens is 1. The zero-order valence-corrected chi connectivity index (χ0v) is 24.8. The van der Waals surface area contributed by atoms with Crippen LogP contribution in [-0.4, -0.2) is 4.57 Å². The maximum absolute atomic E-state index is 2.87. The van der Waals surface area contributed by atoms with Gasteiger partial charge >= 0.3 is 0 Å². The highest BCUT2D eigenvalue weighted by atomic mass is 15.0. The van der Waals surface area contributed by atoms with Crippen molar-refractivity contribution in [3.8, 4) is 0 Å². The Morgan fingerprint density at radius 3 is 1.76 bits per heavy atom. The average Bonchev–Trinajstić information content (AvgIpc) is 3.39. The molecule has 0 saturated heterocycles. The normalized spacial score (nSPS) is 41.6. The van der Waals surface area contributed by atoms with E-state index in [1.54, 1.807) is 44.9 Å². The Labute approximate surface area is 246 Å². The van der Waals surface area contributed by atoms with Gasteiger partial charge in [-0.3, -0.25) is 0 Å². The average molecular weight is 542 g/mol. The molecule has 1 heterocycles. The second-order valence-electron chi connectivity index (χ2n) is 15.6. The monoisotopic (exact) mass is 541 g/mol. The Balaban J connectivity index is 1.10. The Kier molecular flexibility index (Phi) is 5.38. The lowest BCUT2D eigenvalue weighted by molar-refractivity contribution is -0.189. The first kappa shape index (κ1) is 24.2. The fourth-order valence-corrected chi connectivity index (χ4v) is 13.6. The zero-order valence-electron chi connectivity index (χ0n) is 24.8. The zero-order chi connectivity index (χ0) is 26.7. The first-order valence-corrected chi connectivity index (χ1v) is 17.8. The van der Waals surface area contributed by atoms with E-state index in [9.17, 15) is 0 Å². The fraction of sp³-hybridized carbons (Fsp3) is 0.600. The highest BCUT2D eigenvalue weighted by Crippen LogP contribution is 2.69. The van der Waals surface area contributed by atoms with E-state index in [0.29, 0.717) is 6.04 Å². The molecule has 11 atom stereocenters. The van der Waals surface area contributed by atoms with E-state index in [4.69, 9.17) is 0 Å². The maximum atomic E-state index is 2.87. The third-order valence-corrected chi connectivity index (χ3v) is 14.5. The van der Waals surface area contributed by atoms with Crippen molar-refractivity contribution < 1.29 is 0 Å². The van der Waals surface area contributed by atoms with E-state index in [1.807, 2.05) is 0 Å². The standard InChI is InChI=1S/C40H47N/c1-2-10-26-24(9-1)19-21-35-30-13-5-6-18-37(30)41(40(26)35)25-20-22-29-33-16-7-14-31-27-11-3-4-12-28(27)32-15-8-17-34(36(29)23-25)39(32)38(31)33/h1-2,5-6,9-10,13,18-19,21,25,27-29,31-34,36,38-39H,3-4,7-8,11-12,14-17,20,22-23H2. The topological polar surface area (TPSA) is 4.93 Å². The van der Waals surface area contributed by atoms with E-state index < -0.39 is 0 Å². The van der Waals surface area contributed by atoms with Gasteiger partial charge in [-0.25, -0.2) is 0 Å².